The van der Waals surface area contributed by atoms with E-state index in [4.69, 9.17) is 0 Å². The lowest BCUT2D eigenvalue weighted by Crippen LogP contribution is -1.93. The summed E-state index contributed by atoms with van der Waals surface area (Å²) in [5.74, 6) is 0. The molecule has 0 saturated heterocycles. The molecule has 2 aromatic heterocycles. The van der Waals surface area contributed by atoms with Crippen molar-refractivity contribution in [1.29, 1.82) is 0 Å². The fourth-order valence-corrected chi connectivity index (χ4v) is 5.35. The highest BCUT2D eigenvalue weighted by molar-refractivity contribution is 9.13. The van der Waals surface area contributed by atoms with E-state index in [2.05, 4.69) is 47.8 Å². The van der Waals surface area contributed by atoms with Gasteiger partial charge in [-0.25, -0.2) is 0 Å². The molecule has 1 unspecified atom stereocenters. The van der Waals surface area contributed by atoms with Crippen LogP contribution in [0.1, 0.15) is 20.7 Å². The molecule has 0 aliphatic carbocycles. The first-order chi connectivity index (χ1) is 7.49. The molecule has 0 bridgehead atoms. The maximum absolute atomic E-state index is 10.3. The molecule has 2 heterocycles. The van der Waals surface area contributed by atoms with Crippen LogP contribution in [0.5, 0.6) is 0 Å². The van der Waals surface area contributed by atoms with E-state index in [-0.39, 0.29) is 0 Å². The Labute approximate surface area is 127 Å². The Bertz CT molecular complexity index is 499. The van der Waals surface area contributed by atoms with Gasteiger partial charge in [0.1, 0.15) is 6.10 Å². The maximum Gasteiger partial charge on any atom is 0.124 e. The van der Waals surface area contributed by atoms with Crippen LogP contribution in [-0.4, -0.2) is 5.11 Å². The van der Waals surface area contributed by atoms with Crippen LogP contribution >= 0.6 is 70.5 Å². The Balaban J connectivity index is 2.38. The zero-order valence-corrected chi connectivity index (χ0v) is 14.5. The van der Waals surface area contributed by atoms with Crippen molar-refractivity contribution < 1.29 is 5.11 Å². The van der Waals surface area contributed by atoms with Gasteiger partial charge in [-0.3, -0.25) is 0 Å². The molecular formula is C10H7Br3OS2. The summed E-state index contributed by atoms with van der Waals surface area (Å²) in [5.41, 5.74) is 0. The summed E-state index contributed by atoms with van der Waals surface area (Å²) in [6, 6.07) is 3.97. The second-order valence-electron chi connectivity index (χ2n) is 3.24. The average Bonchev–Trinajstić information content (AvgIpc) is 2.70. The summed E-state index contributed by atoms with van der Waals surface area (Å²) in [6.07, 6.45) is -0.555. The van der Waals surface area contributed by atoms with Gasteiger partial charge in [0.15, 0.2) is 0 Å². The molecule has 6 heteroatoms. The van der Waals surface area contributed by atoms with Crippen molar-refractivity contribution in [3.63, 3.8) is 0 Å². The Morgan fingerprint density at radius 2 is 1.81 bits per heavy atom. The molecular weight excluding hydrogens is 440 g/mol. The molecule has 1 N–H and O–H groups in total. The van der Waals surface area contributed by atoms with Crippen LogP contribution in [0.3, 0.4) is 0 Å². The van der Waals surface area contributed by atoms with Gasteiger partial charge in [0.05, 0.1) is 8.66 Å². The molecule has 86 valence electrons. The first kappa shape index (κ1) is 13.2. The molecule has 0 aliphatic heterocycles. The highest BCUT2D eigenvalue weighted by Crippen LogP contribution is 2.41. The number of thiophene rings is 2. The van der Waals surface area contributed by atoms with E-state index in [1.54, 1.807) is 22.7 Å². The quantitative estimate of drug-likeness (QED) is 0.647. The Kier molecular flexibility index (Phi) is 4.30. The van der Waals surface area contributed by atoms with Gasteiger partial charge in [-0.1, -0.05) is 0 Å². The van der Waals surface area contributed by atoms with Crippen molar-refractivity contribution in [3.05, 3.63) is 39.5 Å². The number of aliphatic hydroxyl groups excluding tert-OH is 1. The monoisotopic (exact) mass is 444 g/mol. The zero-order valence-electron chi connectivity index (χ0n) is 8.13. The largest absolute Gasteiger partial charge is 0.382 e. The zero-order chi connectivity index (χ0) is 11.9. The van der Waals surface area contributed by atoms with E-state index in [0.717, 1.165) is 22.5 Å². The van der Waals surface area contributed by atoms with Crippen molar-refractivity contribution in [2.24, 2.45) is 0 Å². The fraction of sp³-hybridized carbons (Fsp3) is 0.200. The fourth-order valence-electron chi connectivity index (χ4n) is 1.31. The Morgan fingerprint density at radius 1 is 1.12 bits per heavy atom. The minimum atomic E-state index is -0.555. The SMILES string of the molecule is Cc1cc(Br)c(C(O)c2cc(Br)c(Br)s2)s1. The third-order valence-corrected chi connectivity index (χ3v) is 7.35. The smallest absolute Gasteiger partial charge is 0.124 e. The van der Waals surface area contributed by atoms with Crippen LogP contribution in [0.25, 0.3) is 0 Å². The first-order valence-corrected chi connectivity index (χ1v) is 8.39. The van der Waals surface area contributed by atoms with Crippen molar-refractivity contribution in [1.82, 2.24) is 0 Å². The second-order valence-corrected chi connectivity index (χ2v) is 8.64. The number of hydrogen-bond acceptors (Lipinski definition) is 3. The van der Waals surface area contributed by atoms with Crippen LogP contribution in [0.2, 0.25) is 0 Å². The third kappa shape index (κ3) is 2.62. The molecule has 0 amide bonds. The molecule has 0 fully saturated rings. The summed E-state index contributed by atoms with van der Waals surface area (Å²) in [6.45, 7) is 2.03. The Hall–Kier alpha value is 0.800. The van der Waals surface area contributed by atoms with E-state index >= 15 is 0 Å². The second kappa shape index (κ2) is 5.20. The summed E-state index contributed by atoms with van der Waals surface area (Å²) in [4.78, 5) is 3.08. The third-order valence-electron chi connectivity index (χ3n) is 2.02. The van der Waals surface area contributed by atoms with Crippen molar-refractivity contribution >= 4 is 70.5 Å². The molecule has 0 radical (unpaired) electrons. The number of hydrogen-bond donors (Lipinski definition) is 1. The van der Waals surface area contributed by atoms with Crippen LogP contribution < -0.4 is 0 Å². The normalized spacial score (nSPS) is 13.1. The topological polar surface area (TPSA) is 20.2 Å². The molecule has 1 nitrogen and oxygen atoms in total. The van der Waals surface area contributed by atoms with Crippen molar-refractivity contribution in [2.45, 2.75) is 13.0 Å². The minimum absolute atomic E-state index is 0.555. The number of aryl methyl sites for hydroxylation is 1. The molecule has 0 saturated carbocycles. The standard InChI is InChI=1S/C10H7Br3OS2/c1-4-2-5(11)9(15-4)8(14)7-3-6(12)10(13)16-7/h2-3,8,14H,1H3. The number of rotatable bonds is 2. The maximum atomic E-state index is 10.3. The van der Waals surface area contributed by atoms with Gasteiger partial charge in [0.25, 0.3) is 0 Å². The lowest BCUT2D eigenvalue weighted by atomic mass is 10.2. The van der Waals surface area contributed by atoms with Crippen LogP contribution in [-0.2, 0) is 0 Å². The van der Waals surface area contributed by atoms with E-state index in [1.165, 1.54) is 4.88 Å². The van der Waals surface area contributed by atoms with E-state index < -0.39 is 6.10 Å². The summed E-state index contributed by atoms with van der Waals surface area (Å²) < 4.78 is 2.96. The first-order valence-electron chi connectivity index (χ1n) is 4.37. The molecule has 2 aromatic rings. The molecule has 16 heavy (non-hydrogen) atoms. The van der Waals surface area contributed by atoms with Gasteiger partial charge in [-0.05, 0) is 66.8 Å². The average molecular weight is 447 g/mol. The minimum Gasteiger partial charge on any atom is -0.382 e. The summed E-state index contributed by atoms with van der Waals surface area (Å²) >= 11 is 13.5. The van der Waals surface area contributed by atoms with Crippen LogP contribution in [0.15, 0.2) is 24.9 Å². The van der Waals surface area contributed by atoms with Gasteiger partial charge in [-0.2, -0.15) is 0 Å². The highest BCUT2D eigenvalue weighted by atomic mass is 79.9. The lowest BCUT2D eigenvalue weighted by molar-refractivity contribution is 0.227. The summed E-state index contributed by atoms with van der Waals surface area (Å²) in [5, 5.41) is 10.3. The lowest BCUT2D eigenvalue weighted by Gasteiger charge is -2.06. The van der Waals surface area contributed by atoms with Gasteiger partial charge < -0.3 is 5.11 Å². The van der Waals surface area contributed by atoms with Crippen LogP contribution in [0.4, 0.5) is 0 Å². The van der Waals surface area contributed by atoms with E-state index in [0.29, 0.717) is 0 Å². The van der Waals surface area contributed by atoms with Crippen molar-refractivity contribution in [3.8, 4) is 0 Å². The predicted molar refractivity (Wildman–Crippen MR) is 80.5 cm³/mol. The van der Waals surface area contributed by atoms with Gasteiger partial charge in [0, 0.05) is 18.7 Å². The van der Waals surface area contributed by atoms with Gasteiger partial charge >= 0.3 is 0 Å². The molecule has 1 atom stereocenters. The highest BCUT2D eigenvalue weighted by Gasteiger charge is 2.19. The van der Waals surface area contributed by atoms with Crippen LogP contribution in [0, 0.1) is 6.92 Å². The van der Waals surface area contributed by atoms with E-state index in [1.807, 2.05) is 19.1 Å². The van der Waals surface area contributed by atoms with Gasteiger partial charge in [-0.15, -0.1) is 22.7 Å². The molecule has 2 rings (SSSR count). The number of aliphatic hydroxyl groups is 1. The molecule has 0 spiro atoms. The predicted octanol–water partition coefficient (Wildman–Crippen LogP) is 5.49. The summed E-state index contributed by atoms with van der Waals surface area (Å²) in [7, 11) is 0. The van der Waals surface area contributed by atoms with Gasteiger partial charge in [0.2, 0.25) is 0 Å². The Morgan fingerprint density at radius 3 is 2.25 bits per heavy atom. The molecule has 0 aliphatic rings. The molecule has 0 aromatic carbocycles. The van der Waals surface area contributed by atoms with E-state index in [9.17, 15) is 5.11 Å². The van der Waals surface area contributed by atoms with Crippen molar-refractivity contribution in [2.75, 3.05) is 0 Å². The number of halogens is 3.